The van der Waals surface area contributed by atoms with E-state index in [0.717, 1.165) is 37.6 Å². The average molecular weight is 1210 g/mol. The number of unbranched alkanes of at least 4 members (excludes halogenated alkanes) is 6. The van der Waals surface area contributed by atoms with Crippen LogP contribution in [0.3, 0.4) is 0 Å². The lowest BCUT2D eigenvalue weighted by Gasteiger charge is -2.31. The van der Waals surface area contributed by atoms with Crippen LogP contribution >= 0.6 is 0 Å². The summed E-state index contributed by atoms with van der Waals surface area (Å²) >= 11 is 0. The minimum atomic E-state index is -0.522. The fourth-order valence-corrected chi connectivity index (χ4v) is 17.9. The molecule has 0 radical (unpaired) electrons. The van der Waals surface area contributed by atoms with Crippen molar-refractivity contribution in [1.82, 2.24) is 0 Å². The molecule has 0 heterocycles. The monoisotopic (exact) mass is 1210 g/mol. The Morgan fingerprint density at radius 2 is 0.553 bits per heavy atom. The van der Waals surface area contributed by atoms with E-state index >= 15 is 0 Å². The maximum Gasteiger partial charge on any atom is 0.119 e. The highest BCUT2D eigenvalue weighted by atomic mass is 16.5. The van der Waals surface area contributed by atoms with Crippen molar-refractivity contribution in [2.45, 2.75) is 89.9 Å². The second-order valence-corrected chi connectivity index (χ2v) is 27.1. The summed E-state index contributed by atoms with van der Waals surface area (Å²) < 4.78 is 13.1. The Balaban J connectivity index is 0.822. The first-order valence-electron chi connectivity index (χ1n) is 34.5. The van der Waals surface area contributed by atoms with Gasteiger partial charge in [0.15, 0.2) is 0 Å². The molecule has 0 aromatic heterocycles. The number of hydrogen-bond donors (Lipinski definition) is 0. The highest BCUT2D eigenvalue weighted by Gasteiger charge is 2.54. The van der Waals surface area contributed by atoms with Crippen LogP contribution in [0, 0.1) is 13.8 Å². The standard InChI is InChI=1S/C92H74O2/c1-5-7-9-23-49-93-61-41-47-83-77(55-61)75-51-57(3)37-45-81(75)91(83)79-35-21-19-25-63(79)65-43-39-59(53-85(65)91)87-67-27-11-15-31-71(67)89(72-32-16-12-28-68(72)87)90-73-33-17-13-29-69(73)88(70-30-14-18-34-74(70)90)60-40-44-66-64-26-20-22-36-80(64)92(86(66)54-60)82-46-38-58(4)52-76(82)78-56-62(42-48-84(78)92)94-50-24-10-8-6-2/h11-22,25-48,51-56H,5-10,23-24,49-50H2,1-4H3. The van der Waals surface area contributed by atoms with E-state index in [1.807, 2.05) is 0 Å². The van der Waals surface area contributed by atoms with E-state index in [2.05, 4.69) is 282 Å². The molecule has 18 rings (SSSR count). The maximum absolute atomic E-state index is 6.56. The molecule has 2 spiro atoms. The molecule has 0 amide bonds. The topological polar surface area (TPSA) is 18.5 Å². The van der Waals surface area contributed by atoms with Gasteiger partial charge >= 0.3 is 0 Å². The molecule has 2 unspecified atom stereocenters. The Kier molecular flexibility index (Phi) is 13.3. The summed E-state index contributed by atoms with van der Waals surface area (Å²) in [5, 5.41) is 9.91. The Bertz CT molecular complexity index is 5010. The number of ether oxygens (including phenoxy) is 2. The normalized spacial score (nSPS) is 15.7. The molecule has 2 atom stereocenters. The molecule has 14 aromatic rings. The predicted molar refractivity (Wildman–Crippen MR) is 394 cm³/mol. The van der Waals surface area contributed by atoms with Gasteiger partial charge in [0.25, 0.3) is 0 Å². The van der Waals surface area contributed by atoms with Crippen molar-refractivity contribution in [1.29, 1.82) is 0 Å². The van der Waals surface area contributed by atoms with Crippen LogP contribution in [0.4, 0.5) is 0 Å². The zero-order valence-corrected chi connectivity index (χ0v) is 54.1. The van der Waals surface area contributed by atoms with Gasteiger partial charge in [0.1, 0.15) is 11.5 Å². The van der Waals surface area contributed by atoms with E-state index in [-0.39, 0.29) is 0 Å². The molecule has 0 bridgehead atoms. The molecular weight excluding hydrogens is 1140 g/mol. The van der Waals surface area contributed by atoms with Crippen molar-refractivity contribution in [3.8, 4) is 89.4 Å². The molecule has 2 heteroatoms. The van der Waals surface area contributed by atoms with Crippen LogP contribution in [0.5, 0.6) is 11.5 Å². The van der Waals surface area contributed by atoms with Crippen molar-refractivity contribution >= 4 is 43.1 Å². The zero-order valence-electron chi connectivity index (χ0n) is 54.1. The molecule has 4 aliphatic rings. The summed E-state index contributed by atoms with van der Waals surface area (Å²) in [4.78, 5) is 0. The molecule has 14 aromatic carbocycles. The van der Waals surface area contributed by atoms with E-state index < -0.39 is 10.8 Å². The second kappa shape index (κ2) is 22.2. The van der Waals surface area contributed by atoms with Crippen LogP contribution in [0.15, 0.2) is 255 Å². The average Bonchev–Trinajstić information content (AvgIpc) is 1.50. The molecule has 0 saturated heterocycles. The smallest absolute Gasteiger partial charge is 0.119 e. The summed E-state index contributed by atoms with van der Waals surface area (Å²) in [5.74, 6) is 1.89. The van der Waals surface area contributed by atoms with E-state index in [1.54, 1.807) is 0 Å². The van der Waals surface area contributed by atoms with E-state index in [1.165, 1.54) is 215 Å². The number of aryl methyl sites for hydroxylation is 2. The fourth-order valence-electron chi connectivity index (χ4n) is 17.9. The third-order valence-electron chi connectivity index (χ3n) is 21.8. The van der Waals surface area contributed by atoms with Gasteiger partial charge in [-0.1, -0.05) is 282 Å². The molecule has 0 N–H and O–H groups in total. The van der Waals surface area contributed by atoms with Gasteiger partial charge in [-0.15, -0.1) is 0 Å². The summed E-state index contributed by atoms with van der Waals surface area (Å²) in [5.41, 5.74) is 29.9. The first-order chi connectivity index (χ1) is 46.4. The van der Waals surface area contributed by atoms with Gasteiger partial charge in [0.05, 0.1) is 24.0 Å². The van der Waals surface area contributed by atoms with Gasteiger partial charge in [-0.25, -0.2) is 0 Å². The summed E-state index contributed by atoms with van der Waals surface area (Å²) in [6.07, 6.45) is 9.40. The third-order valence-corrected chi connectivity index (χ3v) is 21.8. The molecule has 94 heavy (non-hydrogen) atoms. The molecule has 0 aliphatic heterocycles. The first kappa shape index (κ1) is 56.5. The fraction of sp³-hybridized carbons (Fsp3) is 0.174. The van der Waals surface area contributed by atoms with E-state index in [0.29, 0.717) is 0 Å². The van der Waals surface area contributed by atoms with Gasteiger partial charge in [-0.2, -0.15) is 0 Å². The molecule has 4 aliphatic carbocycles. The van der Waals surface area contributed by atoms with Gasteiger partial charge < -0.3 is 9.47 Å². The number of fused-ring (bicyclic) bond motifs is 24. The van der Waals surface area contributed by atoms with E-state index in [4.69, 9.17) is 9.47 Å². The van der Waals surface area contributed by atoms with Crippen molar-refractivity contribution in [2.24, 2.45) is 0 Å². The minimum Gasteiger partial charge on any atom is -0.494 e. The van der Waals surface area contributed by atoms with Crippen LogP contribution in [0.1, 0.15) is 121 Å². The Morgan fingerprint density at radius 3 is 0.926 bits per heavy atom. The lowest BCUT2D eigenvalue weighted by Crippen LogP contribution is -2.26. The number of rotatable bonds is 15. The SMILES string of the molecule is CCCCCCOc1ccc2c(c1)-c1cc(C)ccc1C21c2ccccc2-c2ccc(-c3c4ccccc4c(-c4c5ccccc5c(-c5ccc6c(c5)C5(c7ccccc7-6)c6ccc(C)cc6-c6cc(OCCCCCC)ccc65)c5ccccc45)c4ccccc34)cc21. The van der Waals surface area contributed by atoms with Crippen LogP contribution in [0.25, 0.3) is 121 Å². The second-order valence-electron chi connectivity index (χ2n) is 27.1. The van der Waals surface area contributed by atoms with Crippen LogP contribution in [-0.4, -0.2) is 13.2 Å². The Hall–Kier alpha value is -10.3. The lowest BCUT2D eigenvalue weighted by atomic mass is 9.70. The lowest BCUT2D eigenvalue weighted by molar-refractivity contribution is 0.305. The summed E-state index contributed by atoms with van der Waals surface area (Å²) in [7, 11) is 0. The van der Waals surface area contributed by atoms with Crippen molar-refractivity contribution in [3.63, 3.8) is 0 Å². The van der Waals surface area contributed by atoms with Crippen LogP contribution < -0.4 is 9.47 Å². The number of benzene rings is 14. The summed E-state index contributed by atoms with van der Waals surface area (Å²) in [6.45, 7) is 10.4. The Labute approximate surface area is 552 Å². The molecule has 454 valence electrons. The van der Waals surface area contributed by atoms with E-state index in [9.17, 15) is 0 Å². The molecule has 0 fully saturated rings. The summed E-state index contributed by atoms with van der Waals surface area (Å²) in [6, 6.07) is 98.5. The van der Waals surface area contributed by atoms with Crippen molar-refractivity contribution in [2.75, 3.05) is 13.2 Å². The molecule has 2 nitrogen and oxygen atoms in total. The van der Waals surface area contributed by atoms with Gasteiger partial charge in [0.2, 0.25) is 0 Å². The zero-order chi connectivity index (χ0) is 62.8. The van der Waals surface area contributed by atoms with Gasteiger partial charge in [0, 0.05) is 0 Å². The minimum absolute atomic E-state index is 0.522. The Morgan fingerprint density at radius 1 is 0.245 bits per heavy atom. The first-order valence-corrected chi connectivity index (χ1v) is 34.5. The van der Waals surface area contributed by atoms with Gasteiger partial charge in [-0.3, -0.25) is 0 Å². The van der Waals surface area contributed by atoms with Gasteiger partial charge in [-0.05, 0) is 229 Å². The maximum atomic E-state index is 6.56. The molecule has 0 saturated carbocycles. The largest absolute Gasteiger partial charge is 0.494 e. The highest BCUT2D eigenvalue weighted by molar-refractivity contribution is 6.30. The van der Waals surface area contributed by atoms with Crippen LogP contribution in [0.2, 0.25) is 0 Å². The van der Waals surface area contributed by atoms with Crippen LogP contribution in [-0.2, 0) is 10.8 Å². The number of hydrogen-bond acceptors (Lipinski definition) is 2. The van der Waals surface area contributed by atoms with Crippen molar-refractivity contribution in [3.05, 3.63) is 310 Å². The molecular formula is C92H74O2. The third kappa shape index (κ3) is 8.14. The predicted octanol–water partition coefficient (Wildman–Crippen LogP) is 24.5. The van der Waals surface area contributed by atoms with Crippen molar-refractivity contribution < 1.29 is 9.47 Å². The quantitative estimate of drug-likeness (QED) is 0.0752. The highest BCUT2D eigenvalue weighted by Crippen LogP contribution is 2.66.